The number of carbonyl (C=O) groups excluding carboxylic acids is 1. The number of nitrogens with zero attached hydrogens (tertiary/aromatic N) is 1. The van der Waals surface area contributed by atoms with Gasteiger partial charge in [-0.1, -0.05) is 6.08 Å². The monoisotopic (exact) mass is 222 g/mol. The first-order chi connectivity index (χ1) is 7.29. The molecule has 15 heavy (non-hydrogen) atoms. The van der Waals surface area contributed by atoms with Crippen molar-refractivity contribution in [3.8, 4) is 0 Å². The summed E-state index contributed by atoms with van der Waals surface area (Å²) in [5.41, 5.74) is 0.633. The summed E-state index contributed by atoms with van der Waals surface area (Å²) in [7, 11) is 0. The van der Waals surface area contributed by atoms with Crippen LogP contribution in [-0.2, 0) is 0 Å². The summed E-state index contributed by atoms with van der Waals surface area (Å²) in [6, 6.07) is 3.55. The molecule has 1 rings (SSSR count). The Morgan fingerprint density at radius 3 is 3.20 bits per heavy atom. The molecular formula is C11H14N2OS. The lowest BCUT2D eigenvalue weighted by Crippen LogP contribution is -2.24. The van der Waals surface area contributed by atoms with Gasteiger partial charge < -0.3 is 5.32 Å². The molecule has 0 saturated heterocycles. The van der Waals surface area contributed by atoms with E-state index in [1.54, 1.807) is 24.4 Å². The predicted molar refractivity (Wildman–Crippen MR) is 63.2 cm³/mol. The Bertz CT molecular complexity index is 352. The Morgan fingerprint density at radius 2 is 2.53 bits per heavy atom. The summed E-state index contributed by atoms with van der Waals surface area (Å²) in [5.74, 6) is -0.0747. The Hall–Kier alpha value is -1.29. The minimum Gasteiger partial charge on any atom is -0.352 e. The molecule has 0 aliphatic carbocycles. The van der Waals surface area contributed by atoms with Gasteiger partial charge >= 0.3 is 0 Å². The number of nitrogens with one attached hydrogen (secondary N) is 1. The SMILES string of the molecule is C=CCCNC(=O)c1cccnc1SC. The van der Waals surface area contributed by atoms with Crippen molar-refractivity contribution in [1.82, 2.24) is 10.3 Å². The van der Waals surface area contributed by atoms with Crippen LogP contribution in [0.1, 0.15) is 16.8 Å². The first kappa shape index (κ1) is 11.8. The Balaban J connectivity index is 2.68. The van der Waals surface area contributed by atoms with Crippen LogP contribution in [0.5, 0.6) is 0 Å². The van der Waals surface area contributed by atoms with Gasteiger partial charge in [-0.2, -0.15) is 0 Å². The van der Waals surface area contributed by atoms with Crippen molar-refractivity contribution < 1.29 is 4.79 Å². The molecule has 0 aliphatic heterocycles. The van der Waals surface area contributed by atoms with Crippen LogP contribution in [0, 0.1) is 0 Å². The molecule has 0 aromatic carbocycles. The van der Waals surface area contributed by atoms with Crippen LogP contribution in [-0.4, -0.2) is 23.7 Å². The van der Waals surface area contributed by atoms with Crippen LogP contribution in [0.4, 0.5) is 0 Å². The van der Waals surface area contributed by atoms with Crippen LogP contribution in [0.15, 0.2) is 36.0 Å². The summed E-state index contributed by atoms with van der Waals surface area (Å²) < 4.78 is 0. The quantitative estimate of drug-likeness (QED) is 0.471. The fourth-order valence-electron chi connectivity index (χ4n) is 1.11. The van der Waals surface area contributed by atoms with E-state index in [-0.39, 0.29) is 5.91 Å². The number of thioether (sulfide) groups is 1. The third-order valence-corrected chi connectivity index (χ3v) is 2.56. The molecule has 0 radical (unpaired) electrons. The molecule has 80 valence electrons. The Kier molecular flexibility index (Phi) is 4.90. The maximum Gasteiger partial charge on any atom is 0.254 e. The van der Waals surface area contributed by atoms with Crippen molar-refractivity contribution in [3.63, 3.8) is 0 Å². The highest BCUT2D eigenvalue weighted by Crippen LogP contribution is 2.16. The van der Waals surface area contributed by atoms with E-state index in [0.717, 1.165) is 11.4 Å². The number of hydrogen-bond acceptors (Lipinski definition) is 3. The van der Waals surface area contributed by atoms with Crippen molar-refractivity contribution in [2.75, 3.05) is 12.8 Å². The number of aromatic nitrogens is 1. The lowest BCUT2D eigenvalue weighted by atomic mass is 10.2. The zero-order valence-electron chi connectivity index (χ0n) is 8.69. The second-order valence-corrected chi connectivity index (χ2v) is 3.69. The van der Waals surface area contributed by atoms with Crippen LogP contribution in [0.3, 0.4) is 0 Å². The molecule has 1 amide bonds. The van der Waals surface area contributed by atoms with E-state index >= 15 is 0 Å². The van der Waals surface area contributed by atoms with E-state index in [2.05, 4.69) is 16.9 Å². The minimum absolute atomic E-state index is 0.0747. The van der Waals surface area contributed by atoms with Gasteiger partial charge in [-0.05, 0) is 24.8 Å². The van der Waals surface area contributed by atoms with Crippen molar-refractivity contribution in [2.45, 2.75) is 11.4 Å². The molecule has 4 heteroatoms. The van der Waals surface area contributed by atoms with Gasteiger partial charge in [0.2, 0.25) is 0 Å². The topological polar surface area (TPSA) is 42.0 Å². The van der Waals surface area contributed by atoms with Gasteiger partial charge in [-0.3, -0.25) is 4.79 Å². The number of amides is 1. The maximum absolute atomic E-state index is 11.7. The molecular weight excluding hydrogens is 208 g/mol. The van der Waals surface area contributed by atoms with Crippen LogP contribution < -0.4 is 5.32 Å². The number of pyridine rings is 1. The third-order valence-electron chi connectivity index (χ3n) is 1.84. The molecule has 1 aromatic rings. The average molecular weight is 222 g/mol. The van der Waals surface area contributed by atoms with Crippen molar-refractivity contribution in [3.05, 3.63) is 36.5 Å². The average Bonchev–Trinajstić information content (AvgIpc) is 2.29. The fourth-order valence-corrected chi connectivity index (χ4v) is 1.66. The standard InChI is InChI=1S/C11H14N2OS/c1-3-4-7-12-10(14)9-6-5-8-13-11(9)15-2/h3,5-6,8H,1,4,7H2,2H3,(H,12,14). The van der Waals surface area contributed by atoms with Gasteiger partial charge in [0.15, 0.2) is 0 Å². The summed E-state index contributed by atoms with van der Waals surface area (Å²) >= 11 is 1.47. The van der Waals surface area contributed by atoms with E-state index < -0.39 is 0 Å². The van der Waals surface area contributed by atoms with Gasteiger partial charge in [0.1, 0.15) is 5.03 Å². The van der Waals surface area contributed by atoms with Gasteiger partial charge in [0, 0.05) is 12.7 Å². The summed E-state index contributed by atoms with van der Waals surface area (Å²) in [6.07, 6.45) is 6.15. The Labute approximate surface area is 94.0 Å². The van der Waals surface area contributed by atoms with E-state index in [0.29, 0.717) is 12.1 Å². The largest absolute Gasteiger partial charge is 0.352 e. The smallest absolute Gasteiger partial charge is 0.254 e. The van der Waals surface area contributed by atoms with Crippen molar-refractivity contribution in [2.24, 2.45) is 0 Å². The van der Waals surface area contributed by atoms with Crippen LogP contribution in [0.25, 0.3) is 0 Å². The van der Waals surface area contributed by atoms with Gasteiger partial charge in [0.25, 0.3) is 5.91 Å². The lowest BCUT2D eigenvalue weighted by Gasteiger charge is -2.06. The number of rotatable bonds is 5. The molecule has 1 N–H and O–H groups in total. The molecule has 3 nitrogen and oxygen atoms in total. The normalized spacial score (nSPS) is 9.67. The molecule has 0 bridgehead atoms. The zero-order valence-corrected chi connectivity index (χ0v) is 9.51. The second-order valence-electron chi connectivity index (χ2n) is 2.89. The van der Waals surface area contributed by atoms with Crippen molar-refractivity contribution >= 4 is 17.7 Å². The van der Waals surface area contributed by atoms with Gasteiger partial charge in [0.05, 0.1) is 5.56 Å². The Morgan fingerprint density at radius 1 is 1.73 bits per heavy atom. The molecule has 0 unspecified atom stereocenters. The first-order valence-corrected chi connectivity index (χ1v) is 5.90. The minimum atomic E-state index is -0.0747. The van der Waals surface area contributed by atoms with Gasteiger partial charge in [-0.25, -0.2) is 4.98 Å². The highest BCUT2D eigenvalue weighted by molar-refractivity contribution is 7.98. The molecule has 0 aliphatic rings. The van der Waals surface area contributed by atoms with Crippen LogP contribution in [0.2, 0.25) is 0 Å². The van der Waals surface area contributed by atoms with E-state index in [9.17, 15) is 4.79 Å². The highest BCUT2D eigenvalue weighted by Gasteiger charge is 2.09. The molecule has 0 atom stereocenters. The predicted octanol–water partition coefficient (Wildman–Crippen LogP) is 2.11. The zero-order chi connectivity index (χ0) is 11.1. The number of carbonyl (C=O) groups is 1. The molecule has 0 fully saturated rings. The molecule has 0 spiro atoms. The first-order valence-electron chi connectivity index (χ1n) is 4.67. The van der Waals surface area contributed by atoms with Crippen molar-refractivity contribution in [1.29, 1.82) is 0 Å². The van der Waals surface area contributed by atoms with E-state index in [1.807, 2.05) is 6.26 Å². The van der Waals surface area contributed by atoms with E-state index in [4.69, 9.17) is 0 Å². The van der Waals surface area contributed by atoms with Gasteiger partial charge in [-0.15, -0.1) is 18.3 Å². The highest BCUT2D eigenvalue weighted by atomic mass is 32.2. The molecule has 1 aromatic heterocycles. The molecule has 0 saturated carbocycles. The molecule has 1 heterocycles. The summed E-state index contributed by atoms with van der Waals surface area (Å²) in [6.45, 7) is 4.21. The van der Waals surface area contributed by atoms with E-state index in [1.165, 1.54) is 11.8 Å². The fraction of sp³-hybridized carbons (Fsp3) is 0.273. The second kappa shape index (κ2) is 6.24. The summed E-state index contributed by atoms with van der Waals surface area (Å²) in [4.78, 5) is 15.8. The maximum atomic E-state index is 11.7. The lowest BCUT2D eigenvalue weighted by molar-refractivity contribution is 0.0950. The number of hydrogen-bond donors (Lipinski definition) is 1. The summed E-state index contributed by atoms with van der Waals surface area (Å²) in [5, 5.41) is 3.57. The third kappa shape index (κ3) is 3.40. The van der Waals surface area contributed by atoms with Crippen LogP contribution >= 0.6 is 11.8 Å².